The number of hydrogen-bond donors (Lipinski definition) is 3. The van der Waals surface area contributed by atoms with E-state index in [1.54, 1.807) is 12.0 Å². The summed E-state index contributed by atoms with van der Waals surface area (Å²) < 4.78 is 10.4. The predicted molar refractivity (Wildman–Crippen MR) is 141 cm³/mol. The van der Waals surface area contributed by atoms with Gasteiger partial charge >= 0.3 is 12.0 Å². The smallest absolute Gasteiger partial charge is 0.338 e. The maximum atomic E-state index is 12.9. The molecule has 194 valence electrons. The first-order chi connectivity index (χ1) is 17.3. The van der Waals surface area contributed by atoms with Gasteiger partial charge in [-0.25, -0.2) is 9.59 Å². The molecular weight excluding hydrogens is 476 g/mol. The number of benzene rings is 1. The highest BCUT2D eigenvalue weighted by molar-refractivity contribution is 7.80. The fourth-order valence-corrected chi connectivity index (χ4v) is 7.33. The van der Waals surface area contributed by atoms with E-state index < -0.39 is 12.0 Å². The van der Waals surface area contributed by atoms with Crippen LogP contribution in [0.25, 0.3) is 0 Å². The molecule has 2 amide bonds. The van der Waals surface area contributed by atoms with E-state index in [9.17, 15) is 9.59 Å². The van der Waals surface area contributed by atoms with Crippen molar-refractivity contribution in [2.75, 3.05) is 32.7 Å². The zero-order chi connectivity index (χ0) is 25.4. The van der Waals surface area contributed by atoms with Crippen LogP contribution in [0.3, 0.4) is 0 Å². The van der Waals surface area contributed by atoms with E-state index in [1.165, 1.54) is 19.3 Å². The van der Waals surface area contributed by atoms with Gasteiger partial charge in [-0.1, -0.05) is 12.1 Å². The summed E-state index contributed by atoms with van der Waals surface area (Å²) in [7, 11) is 3.38. The molecule has 9 heteroatoms. The quantitative estimate of drug-likeness (QED) is 0.288. The van der Waals surface area contributed by atoms with Crippen LogP contribution < -0.4 is 16.0 Å². The monoisotopic (exact) mass is 512 g/mol. The number of nitrogens with zero attached hydrogens (tertiary/aromatic N) is 1. The van der Waals surface area contributed by atoms with Crippen molar-refractivity contribution in [2.24, 2.45) is 17.8 Å². The van der Waals surface area contributed by atoms with Crippen molar-refractivity contribution < 1.29 is 19.1 Å². The minimum absolute atomic E-state index is 0.0348. The van der Waals surface area contributed by atoms with Crippen LogP contribution in [0.5, 0.6) is 0 Å². The van der Waals surface area contributed by atoms with Crippen LogP contribution in [0.2, 0.25) is 0 Å². The Bertz CT molecular complexity index is 1030. The van der Waals surface area contributed by atoms with Gasteiger partial charge in [-0.2, -0.15) is 0 Å². The topological polar surface area (TPSA) is 91.9 Å². The summed E-state index contributed by atoms with van der Waals surface area (Å²) >= 11 is 5.48. The number of ether oxygens (including phenoxy) is 2. The second kappa shape index (κ2) is 10.0. The molecule has 0 radical (unpaired) electrons. The van der Waals surface area contributed by atoms with E-state index in [0.717, 1.165) is 48.3 Å². The van der Waals surface area contributed by atoms with E-state index in [4.69, 9.17) is 21.7 Å². The minimum atomic E-state index is -0.446. The molecule has 0 spiro atoms. The minimum Gasteiger partial charge on any atom is -0.460 e. The number of carbonyl (C=O) groups is 2. The average Bonchev–Trinajstić information content (AvgIpc) is 2.81. The lowest BCUT2D eigenvalue weighted by atomic mass is 9.53. The van der Waals surface area contributed by atoms with Crippen molar-refractivity contribution in [3.63, 3.8) is 0 Å². The first kappa shape index (κ1) is 25.0. The summed E-state index contributed by atoms with van der Waals surface area (Å²) in [4.78, 5) is 27.6. The third-order valence-electron chi connectivity index (χ3n) is 8.41. The molecule has 1 heterocycles. The van der Waals surface area contributed by atoms with Gasteiger partial charge in [0.25, 0.3) is 0 Å². The number of allylic oxidation sites excluding steroid dienone is 1. The van der Waals surface area contributed by atoms with Crippen LogP contribution >= 0.6 is 12.2 Å². The number of thiocarbonyl (C=S) groups is 1. The maximum absolute atomic E-state index is 12.9. The van der Waals surface area contributed by atoms with Crippen LogP contribution in [0, 0.1) is 17.8 Å². The lowest BCUT2D eigenvalue weighted by Crippen LogP contribution is -2.60. The third-order valence-corrected chi connectivity index (χ3v) is 8.81. The number of urea groups is 1. The Kier molecular flexibility index (Phi) is 6.96. The van der Waals surface area contributed by atoms with Crippen LogP contribution in [0.1, 0.15) is 57.1 Å². The van der Waals surface area contributed by atoms with Gasteiger partial charge in [-0.15, -0.1) is 0 Å². The van der Waals surface area contributed by atoms with E-state index in [0.29, 0.717) is 23.0 Å². The number of rotatable bonds is 7. The molecule has 1 aromatic rings. The molecule has 1 unspecified atom stereocenters. The molecule has 36 heavy (non-hydrogen) atoms. The number of anilines is 1. The van der Waals surface area contributed by atoms with Crippen LogP contribution in [0.15, 0.2) is 35.5 Å². The van der Waals surface area contributed by atoms with Crippen molar-refractivity contribution >= 4 is 35.0 Å². The molecule has 0 aromatic heterocycles. The second-order valence-electron chi connectivity index (χ2n) is 11.0. The lowest BCUT2D eigenvalue weighted by molar-refractivity contribution is -0.140. The van der Waals surface area contributed by atoms with Crippen molar-refractivity contribution in [1.29, 1.82) is 0 Å². The first-order valence-electron chi connectivity index (χ1n) is 12.9. The van der Waals surface area contributed by atoms with Crippen molar-refractivity contribution in [2.45, 2.75) is 57.0 Å². The summed E-state index contributed by atoms with van der Waals surface area (Å²) in [6.45, 7) is 2.36. The number of esters is 1. The Morgan fingerprint density at radius 1 is 1.08 bits per heavy atom. The number of nitrogens with one attached hydrogen (secondary N) is 3. The van der Waals surface area contributed by atoms with E-state index >= 15 is 0 Å². The van der Waals surface area contributed by atoms with Gasteiger partial charge in [-0.05, 0) is 93.1 Å². The molecule has 4 saturated carbocycles. The summed E-state index contributed by atoms with van der Waals surface area (Å²) in [5.41, 5.74) is 2.77. The molecule has 3 N–H and O–H groups in total. The average molecular weight is 513 g/mol. The van der Waals surface area contributed by atoms with Gasteiger partial charge in [0.1, 0.15) is 6.61 Å². The largest absolute Gasteiger partial charge is 0.460 e. The number of methoxy groups -OCH3 is 1. The lowest BCUT2D eigenvalue weighted by Gasteiger charge is -2.56. The standard InChI is InChI=1S/C27H36N4O4S/c1-16-22(24(32)35-9-8-34-3)23(29-26(36)31(16)2)20-4-6-21(7-5-20)28-25(33)30-27-13-17-10-18(14-27)12-19(11-17)15-27/h4-7,17-19,23H,8-15H2,1-3H3,(H,29,36)(H2,28,30,33). The zero-order valence-corrected chi connectivity index (χ0v) is 22.1. The van der Waals surface area contributed by atoms with Crippen molar-refractivity contribution in [1.82, 2.24) is 15.5 Å². The van der Waals surface area contributed by atoms with E-state index in [2.05, 4.69) is 16.0 Å². The van der Waals surface area contributed by atoms with Crippen molar-refractivity contribution in [3.8, 4) is 0 Å². The van der Waals surface area contributed by atoms with Gasteiger partial charge in [0, 0.05) is 31.1 Å². The Morgan fingerprint density at radius 3 is 2.28 bits per heavy atom. The molecule has 4 aliphatic carbocycles. The molecule has 4 fully saturated rings. The van der Waals surface area contributed by atoms with Crippen LogP contribution in [-0.4, -0.2) is 54.9 Å². The maximum Gasteiger partial charge on any atom is 0.338 e. The summed E-state index contributed by atoms with van der Waals surface area (Å²) in [6.07, 6.45) is 7.36. The summed E-state index contributed by atoms with van der Waals surface area (Å²) in [5.74, 6) is 1.91. The van der Waals surface area contributed by atoms with Gasteiger partial charge in [0.05, 0.1) is 18.2 Å². The summed E-state index contributed by atoms with van der Waals surface area (Å²) in [5, 5.41) is 10.1. The van der Waals surface area contributed by atoms with Crippen LogP contribution in [0.4, 0.5) is 10.5 Å². The Labute approximate surface area is 218 Å². The highest BCUT2D eigenvalue weighted by Crippen LogP contribution is 2.55. The number of amides is 2. The molecule has 8 nitrogen and oxygen atoms in total. The van der Waals surface area contributed by atoms with Crippen molar-refractivity contribution in [3.05, 3.63) is 41.1 Å². The fraction of sp³-hybridized carbons (Fsp3) is 0.593. The molecule has 5 aliphatic rings. The molecule has 1 aromatic carbocycles. The van der Waals surface area contributed by atoms with E-state index in [-0.39, 0.29) is 18.2 Å². The predicted octanol–water partition coefficient (Wildman–Crippen LogP) is 4.10. The molecular formula is C27H36N4O4S. The van der Waals surface area contributed by atoms with Gasteiger partial charge in [-0.3, -0.25) is 0 Å². The Morgan fingerprint density at radius 2 is 1.69 bits per heavy atom. The molecule has 1 atom stereocenters. The fourth-order valence-electron chi connectivity index (χ4n) is 7.07. The molecule has 1 aliphatic heterocycles. The normalized spacial score (nSPS) is 30.8. The molecule has 6 rings (SSSR count). The molecule has 0 saturated heterocycles. The highest BCUT2D eigenvalue weighted by Gasteiger charge is 2.51. The zero-order valence-electron chi connectivity index (χ0n) is 21.3. The SMILES string of the molecule is COCCOC(=O)C1=C(C)N(C)C(=S)NC1c1ccc(NC(=O)NC23CC4CC(CC(C4)C2)C3)cc1. The number of carbonyl (C=O) groups excluding carboxylic acids is 2. The van der Waals surface area contributed by atoms with Gasteiger partial charge in [0.2, 0.25) is 0 Å². The Balaban J connectivity index is 1.26. The van der Waals surface area contributed by atoms with E-state index in [1.807, 2.05) is 38.2 Å². The van der Waals surface area contributed by atoms with Gasteiger partial charge in [0.15, 0.2) is 5.11 Å². The Hall–Kier alpha value is -2.65. The highest BCUT2D eigenvalue weighted by atomic mass is 32.1. The molecule has 4 bridgehead atoms. The third kappa shape index (κ3) is 4.95. The first-order valence-corrected chi connectivity index (χ1v) is 13.3. The van der Waals surface area contributed by atoms with Crippen LogP contribution in [-0.2, 0) is 14.3 Å². The number of hydrogen-bond acceptors (Lipinski definition) is 5. The summed E-state index contributed by atoms with van der Waals surface area (Å²) in [6, 6.07) is 6.95. The second-order valence-corrected chi connectivity index (χ2v) is 11.4. The van der Waals surface area contributed by atoms with Gasteiger partial charge < -0.3 is 30.3 Å².